The van der Waals surface area contributed by atoms with Gasteiger partial charge < -0.3 is 15.5 Å². The first-order valence-corrected chi connectivity index (χ1v) is 8.44. The van der Waals surface area contributed by atoms with E-state index in [4.69, 9.17) is 0 Å². The number of likely N-dealkylation sites (tertiary alicyclic amines) is 1. The van der Waals surface area contributed by atoms with Crippen LogP contribution in [0.4, 0.5) is 10.5 Å². The molecule has 2 aromatic rings. The first kappa shape index (κ1) is 16.3. The number of urea groups is 1. The molecule has 3 rings (SSSR count). The fraction of sp³-hybridized carbons (Fsp3) is 0.368. The highest BCUT2D eigenvalue weighted by atomic mass is 16.2. The van der Waals surface area contributed by atoms with Crippen LogP contribution in [0.1, 0.15) is 19.8 Å². The van der Waals surface area contributed by atoms with Gasteiger partial charge in [0.15, 0.2) is 0 Å². The molecule has 1 atom stereocenters. The highest BCUT2D eigenvalue weighted by Crippen LogP contribution is 2.22. The number of rotatable bonds is 5. The molecule has 1 fully saturated rings. The van der Waals surface area contributed by atoms with Gasteiger partial charge in [-0.2, -0.15) is 0 Å². The van der Waals surface area contributed by atoms with E-state index >= 15 is 0 Å². The van der Waals surface area contributed by atoms with Crippen LogP contribution in [0.5, 0.6) is 0 Å². The lowest BCUT2D eigenvalue weighted by Crippen LogP contribution is -2.37. The van der Waals surface area contributed by atoms with Crippen LogP contribution < -0.4 is 10.6 Å². The lowest BCUT2D eigenvalue weighted by Gasteiger charge is -2.21. The maximum absolute atomic E-state index is 12.2. The van der Waals surface area contributed by atoms with Crippen LogP contribution in [-0.2, 0) is 4.79 Å². The summed E-state index contributed by atoms with van der Waals surface area (Å²) in [7, 11) is 0. The van der Waals surface area contributed by atoms with E-state index in [1.165, 1.54) is 0 Å². The number of fused-ring (bicyclic) bond motifs is 1. The largest absolute Gasteiger partial charge is 0.342 e. The minimum absolute atomic E-state index is 0.217. The third kappa shape index (κ3) is 3.85. The van der Waals surface area contributed by atoms with Crippen LogP contribution >= 0.6 is 0 Å². The number of benzene rings is 2. The molecule has 0 radical (unpaired) electrons. The van der Waals surface area contributed by atoms with Gasteiger partial charge in [-0.05, 0) is 23.8 Å². The van der Waals surface area contributed by atoms with E-state index < -0.39 is 0 Å². The number of hydrogen-bond donors (Lipinski definition) is 2. The molecule has 0 spiro atoms. The van der Waals surface area contributed by atoms with Crippen LogP contribution in [-0.4, -0.2) is 36.5 Å². The van der Waals surface area contributed by atoms with Crippen molar-refractivity contribution in [1.29, 1.82) is 0 Å². The molecule has 1 saturated heterocycles. The van der Waals surface area contributed by atoms with Gasteiger partial charge in [0.25, 0.3) is 0 Å². The Hall–Kier alpha value is -2.56. The first-order valence-electron chi connectivity index (χ1n) is 8.44. The summed E-state index contributed by atoms with van der Waals surface area (Å²) in [5.74, 6) is 0.451. The van der Waals surface area contributed by atoms with Gasteiger partial charge in [0.2, 0.25) is 5.91 Å². The molecule has 1 aliphatic rings. The zero-order chi connectivity index (χ0) is 16.9. The average molecular weight is 325 g/mol. The molecule has 24 heavy (non-hydrogen) atoms. The number of nitrogens with one attached hydrogen (secondary N) is 2. The van der Waals surface area contributed by atoms with Crippen LogP contribution in [0.2, 0.25) is 0 Å². The van der Waals surface area contributed by atoms with Gasteiger partial charge in [-0.15, -0.1) is 0 Å². The highest BCUT2D eigenvalue weighted by molar-refractivity contribution is 6.01. The monoisotopic (exact) mass is 325 g/mol. The third-order valence-corrected chi connectivity index (χ3v) is 4.35. The first-order chi connectivity index (χ1) is 11.6. The maximum atomic E-state index is 12.2. The van der Waals surface area contributed by atoms with Crippen molar-refractivity contribution < 1.29 is 9.59 Å². The quantitative estimate of drug-likeness (QED) is 0.886. The molecule has 2 N–H and O–H groups in total. The van der Waals surface area contributed by atoms with Gasteiger partial charge in [-0.1, -0.05) is 43.3 Å². The summed E-state index contributed by atoms with van der Waals surface area (Å²) < 4.78 is 0. The second kappa shape index (κ2) is 7.34. The molecule has 5 heteroatoms. The molecule has 3 amide bonds. The molecule has 126 valence electrons. The molecule has 5 nitrogen and oxygen atoms in total. The van der Waals surface area contributed by atoms with Gasteiger partial charge in [0.1, 0.15) is 0 Å². The van der Waals surface area contributed by atoms with E-state index in [0.717, 1.165) is 29.4 Å². The molecule has 1 heterocycles. The van der Waals surface area contributed by atoms with Crippen molar-refractivity contribution in [3.05, 3.63) is 42.5 Å². The Bertz CT molecular complexity index is 739. The van der Waals surface area contributed by atoms with E-state index in [1.54, 1.807) is 0 Å². The molecule has 0 unspecified atom stereocenters. The summed E-state index contributed by atoms with van der Waals surface area (Å²) in [6.45, 7) is 4.13. The smallest absolute Gasteiger partial charge is 0.319 e. The number of carbonyl (C=O) groups is 2. The van der Waals surface area contributed by atoms with Crippen molar-refractivity contribution >= 4 is 28.4 Å². The Morgan fingerprint density at radius 3 is 2.79 bits per heavy atom. The number of amides is 3. The van der Waals surface area contributed by atoms with Crippen LogP contribution in [0.25, 0.3) is 10.8 Å². The van der Waals surface area contributed by atoms with Gasteiger partial charge in [0.05, 0.1) is 5.69 Å². The van der Waals surface area contributed by atoms with E-state index in [2.05, 4.69) is 10.6 Å². The predicted octanol–water partition coefficient (Wildman–Crippen LogP) is 3.22. The van der Waals surface area contributed by atoms with Crippen LogP contribution in [0, 0.1) is 5.92 Å². The van der Waals surface area contributed by atoms with Gasteiger partial charge in [-0.3, -0.25) is 4.79 Å². The predicted molar refractivity (Wildman–Crippen MR) is 95.9 cm³/mol. The minimum atomic E-state index is -0.217. The second-order valence-corrected chi connectivity index (χ2v) is 6.41. The van der Waals surface area contributed by atoms with Crippen LogP contribution in [0.3, 0.4) is 0 Å². The summed E-state index contributed by atoms with van der Waals surface area (Å²) in [6.07, 6.45) is 1.60. The van der Waals surface area contributed by atoms with E-state index in [1.807, 2.05) is 54.3 Å². The van der Waals surface area contributed by atoms with Crippen molar-refractivity contribution in [1.82, 2.24) is 10.2 Å². The topological polar surface area (TPSA) is 61.4 Å². The molecule has 0 aliphatic carbocycles. The lowest BCUT2D eigenvalue weighted by molar-refractivity contribution is -0.128. The zero-order valence-electron chi connectivity index (χ0n) is 13.9. The van der Waals surface area contributed by atoms with E-state index in [0.29, 0.717) is 19.5 Å². The fourth-order valence-electron chi connectivity index (χ4n) is 3.11. The Balaban J connectivity index is 1.52. The van der Waals surface area contributed by atoms with Crippen LogP contribution in [0.15, 0.2) is 42.5 Å². The maximum Gasteiger partial charge on any atom is 0.319 e. The standard InChI is InChI=1S/C19H23N3O2/c1-14(13-22-11-5-10-18(22)23)12-20-19(24)21-17-9-4-7-15-6-2-3-8-16(15)17/h2-4,6-9,14H,5,10-13H2,1H3,(H2,20,21,24)/t14-/m0/s1. The summed E-state index contributed by atoms with van der Waals surface area (Å²) in [4.78, 5) is 25.7. The third-order valence-electron chi connectivity index (χ3n) is 4.35. The Morgan fingerprint density at radius 1 is 1.21 bits per heavy atom. The number of anilines is 1. The minimum Gasteiger partial charge on any atom is -0.342 e. The van der Waals surface area contributed by atoms with E-state index in [9.17, 15) is 9.59 Å². The Kier molecular flexibility index (Phi) is 4.99. The Labute approximate surface area is 142 Å². The lowest BCUT2D eigenvalue weighted by atomic mass is 10.1. The SMILES string of the molecule is C[C@@H](CNC(=O)Nc1cccc2ccccc12)CN1CCCC1=O. The Morgan fingerprint density at radius 2 is 2.00 bits per heavy atom. The summed E-state index contributed by atoms with van der Waals surface area (Å²) in [5, 5.41) is 7.92. The van der Waals surface area contributed by atoms with E-state index in [-0.39, 0.29) is 17.9 Å². The number of nitrogens with zero attached hydrogens (tertiary/aromatic N) is 1. The molecule has 1 aliphatic heterocycles. The molecule has 2 aromatic carbocycles. The van der Waals surface area contributed by atoms with Gasteiger partial charge >= 0.3 is 6.03 Å². The average Bonchev–Trinajstić information content (AvgIpc) is 2.98. The molecule has 0 saturated carbocycles. The summed E-state index contributed by atoms with van der Waals surface area (Å²) >= 11 is 0. The molecular formula is C19H23N3O2. The normalized spacial score (nSPS) is 15.5. The van der Waals surface area contributed by atoms with Gasteiger partial charge in [-0.25, -0.2) is 4.79 Å². The molecular weight excluding hydrogens is 302 g/mol. The fourth-order valence-corrected chi connectivity index (χ4v) is 3.11. The zero-order valence-corrected chi connectivity index (χ0v) is 13.9. The number of carbonyl (C=O) groups excluding carboxylic acids is 2. The highest BCUT2D eigenvalue weighted by Gasteiger charge is 2.21. The molecule has 0 bridgehead atoms. The number of hydrogen-bond acceptors (Lipinski definition) is 2. The second-order valence-electron chi connectivity index (χ2n) is 6.41. The van der Waals surface area contributed by atoms with Crippen molar-refractivity contribution in [2.75, 3.05) is 25.0 Å². The van der Waals surface area contributed by atoms with Crippen molar-refractivity contribution in [2.24, 2.45) is 5.92 Å². The van der Waals surface area contributed by atoms with Gasteiger partial charge in [0, 0.05) is 31.4 Å². The van der Waals surface area contributed by atoms with Crippen molar-refractivity contribution in [3.8, 4) is 0 Å². The summed E-state index contributed by atoms with van der Waals surface area (Å²) in [5.41, 5.74) is 0.799. The summed E-state index contributed by atoms with van der Waals surface area (Å²) in [6, 6.07) is 13.6. The van der Waals surface area contributed by atoms with Crippen molar-refractivity contribution in [2.45, 2.75) is 19.8 Å². The van der Waals surface area contributed by atoms with Crippen molar-refractivity contribution in [3.63, 3.8) is 0 Å². The molecule has 0 aromatic heterocycles.